The summed E-state index contributed by atoms with van der Waals surface area (Å²) in [6.07, 6.45) is 3.98. The van der Waals surface area contributed by atoms with E-state index in [4.69, 9.17) is 16.3 Å². The van der Waals surface area contributed by atoms with Crippen LogP contribution >= 0.6 is 22.9 Å². The molecular weight excluding hydrogens is 472 g/mol. The van der Waals surface area contributed by atoms with Gasteiger partial charge in [-0.05, 0) is 42.9 Å². The SMILES string of the molecule is O=C(Nc1ncc(Cl)s1)C(CC1CCOCC1)c1ccc(S(=O)(=O)N2CCNCC2)cc1. The number of amides is 1. The maximum atomic E-state index is 13.2. The average Bonchev–Trinajstić information content (AvgIpc) is 3.23. The number of halogens is 1. The molecule has 0 bridgehead atoms. The molecule has 2 fully saturated rings. The van der Waals surface area contributed by atoms with E-state index in [1.807, 2.05) is 0 Å². The fourth-order valence-corrected chi connectivity index (χ4v) is 6.38. The number of hydrogen-bond donors (Lipinski definition) is 2. The second-order valence-corrected chi connectivity index (χ2v) is 11.6. The minimum Gasteiger partial charge on any atom is -0.381 e. The molecule has 4 rings (SSSR count). The monoisotopic (exact) mass is 498 g/mol. The zero-order chi connectivity index (χ0) is 22.6. The fraction of sp³-hybridized carbons (Fsp3) is 0.524. The number of carbonyl (C=O) groups is 1. The second-order valence-electron chi connectivity index (χ2n) is 8.03. The van der Waals surface area contributed by atoms with Crippen LogP contribution in [0.2, 0.25) is 4.34 Å². The number of piperazine rings is 1. The molecule has 1 amide bonds. The highest BCUT2D eigenvalue weighted by atomic mass is 35.5. The van der Waals surface area contributed by atoms with Crippen LogP contribution in [0.1, 0.15) is 30.7 Å². The van der Waals surface area contributed by atoms with Crippen molar-refractivity contribution in [2.24, 2.45) is 5.92 Å². The van der Waals surface area contributed by atoms with Crippen molar-refractivity contribution >= 4 is 44.0 Å². The Morgan fingerprint density at radius 2 is 1.94 bits per heavy atom. The number of ether oxygens (including phenoxy) is 1. The van der Waals surface area contributed by atoms with E-state index < -0.39 is 15.9 Å². The molecule has 1 atom stereocenters. The van der Waals surface area contributed by atoms with Crippen molar-refractivity contribution in [2.45, 2.75) is 30.1 Å². The zero-order valence-electron chi connectivity index (χ0n) is 17.6. The number of nitrogens with zero attached hydrogens (tertiary/aromatic N) is 2. The van der Waals surface area contributed by atoms with Crippen molar-refractivity contribution in [3.05, 3.63) is 40.4 Å². The Hall–Kier alpha value is -1.56. The van der Waals surface area contributed by atoms with Gasteiger partial charge in [-0.3, -0.25) is 4.79 Å². The Morgan fingerprint density at radius 1 is 1.25 bits per heavy atom. The normalized spacial score (nSPS) is 19.5. The number of aromatic nitrogens is 1. The molecule has 0 radical (unpaired) electrons. The molecule has 2 N–H and O–H groups in total. The summed E-state index contributed by atoms with van der Waals surface area (Å²) in [6.45, 7) is 3.59. The number of carbonyl (C=O) groups excluding carboxylic acids is 1. The van der Waals surface area contributed by atoms with Gasteiger partial charge in [0.25, 0.3) is 0 Å². The van der Waals surface area contributed by atoms with Crippen molar-refractivity contribution in [1.82, 2.24) is 14.6 Å². The maximum absolute atomic E-state index is 13.2. The first-order valence-corrected chi connectivity index (χ1v) is 13.4. The summed E-state index contributed by atoms with van der Waals surface area (Å²) >= 11 is 7.16. The van der Waals surface area contributed by atoms with Crippen molar-refractivity contribution in [3.8, 4) is 0 Å². The van der Waals surface area contributed by atoms with Gasteiger partial charge >= 0.3 is 0 Å². The summed E-state index contributed by atoms with van der Waals surface area (Å²) in [5, 5.41) is 6.48. The Morgan fingerprint density at radius 3 is 2.56 bits per heavy atom. The fourth-order valence-electron chi connectivity index (χ4n) is 4.12. The quantitative estimate of drug-likeness (QED) is 0.608. The Bertz CT molecular complexity index is 1020. The number of hydrogen-bond acceptors (Lipinski definition) is 7. The molecule has 1 unspecified atom stereocenters. The molecule has 0 saturated carbocycles. The van der Waals surface area contributed by atoms with Crippen LogP contribution in [-0.4, -0.2) is 63.0 Å². The van der Waals surface area contributed by atoms with E-state index in [0.29, 0.717) is 61.2 Å². The second kappa shape index (κ2) is 10.6. The third-order valence-corrected chi connectivity index (χ3v) is 8.87. The number of benzene rings is 1. The molecule has 2 aliphatic rings. The Balaban J connectivity index is 1.54. The summed E-state index contributed by atoms with van der Waals surface area (Å²) in [6, 6.07) is 6.73. The van der Waals surface area contributed by atoms with E-state index in [2.05, 4.69) is 15.6 Å². The number of sulfonamides is 1. The van der Waals surface area contributed by atoms with Gasteiger partial charge in [-0.1, -0.05) is 35.1 Å². The maximum Gasteiger partial charge on any atom is 0.243 e. The lowest BCUT2D eigenvalue weighted by molar-refractivity contribution is -0.118. The molecule has 2 aromatic rings. The predicted molar refractivity (Wildman–Crippen MR) is 125 cm³/mol. The lowest BCUT2D eigenvalue weighted by atomic mass is 9.84. The molecule has 11 heteroatoms. The highest BCUT2D eigenvalue weighted by Crippen LogP contribution is 2.32. The molecule has 1 aromatic heterocycles. The highest BCUT2D eigenvalue weighted by molar-refractivity contribution is 7.89. The van der Waals surface area contributed by atoms with Crippen LogP contribution < -0.4 is 10.6 Å². The average molecular weight is 499 g/mol. The van der Waals surface area contributed by atoms with Crippen LogP contribution in [0.5, 0.6) is 0 Å². The summed E-state index contributed by atoms with van der Waals surface area (Å²) < 4.78 is 33.4. The summed E-state index contributed by atoms with van der Waals surface area (Å²) in [7, 11) is -3.54. The third-order valence-electron chi connectivity index (χ3n) is 5.93. The summed E-state index contributed by atoms with van der Waals surface area (Å²) in [5.41, 5.74) is 0.788. The van der Waals surface area contributed by atoms with Crippen LogP contribution in [0.4, 0.5) is 5.13 Å². The van der Waals surface area contributed by atoms with Gasteiger partial charge in [-0.25, -0.2) is 13.4 Å². The van der Waals surface area contributed by atoms with Gasteiger partial charge in [-0.2, -0.15) is 4.31 Å². The van der Waals surface area contributed by atoms with E-state index in [9.17, 15) is 13.2 Å². The van der Waals surface area contributed by atoms with E-state index in [1.54, 1.807) is 24.3 Å². The first-order valence-electron chi connectivity index (χ1n) is 10.7. The van der Waals surface area contributed by atoms with Crippen molar-refractivity contribution in [1.29, 1.82) is 0 Å². The van der Waals surface area contributed by atoms with Gasteiger partial charge < -0.3 is 15.4 Å². The van der Waals surface area contributed by atoms with Crippen LogP contribution in [-0.2, 0) is 19.6 Å². The van der Waals surface area contributed by atoms with Gasteiger partial charge in [-0.15, -0.1) is 0 Å². The highest BCUT2D eigenvalue weighted by Gasteiger charge is 2.29. The van der Waals surface area contributed by atoms with Crippen LogP contribution in [0, 0.1) is 5.92 Å². The molecule has 2 saturated heterocycles. The zero-order valence-corrected chi connectivity index (χ0v) is 20.0. The molecule has 0 spiro atoms. The lowest BCUT2D eigenvalue weighted by Gasteiger charge is -2.27. The van der Waals surface area contributed by atoms with Gasteiger partial charge in [0.05, 0.1) is 17.0 Å². The minimum absolute atomic E-state index is 0.166. The number of anilines is 1. The van der Waals surface area contributed by atoms with E-state index in [-0.39, 0.29) is 10.8 Å². The molecule has 32 heavy (non-hydrogen) atoms. The van der Waals surface area contributed by atoms with Crippen LogP contribution in [0.25, 0.3) is 0 Å². The van der Waals surface area contributed by atoms with Gasteiger partial charge in [0.15, 0.2) is 5.13 Å². The van der Waals surface area contributed by atoms with Gasteiger partial charge in [0, 0.05) is 39.4 Å². The summed E-state index contributed by atoms with van der Waals surface area (Å²) in [5.74, 6) is -0.222. The summed E-state index contributed by atoms with van der Waals surface area (Å²) in [4.78, 5) is 17.5. The van der Waals surface area contributed by atoms with E-state index in [0.717, 1.165) is 18.4 Å². The first kappa shape index (κ1) is 23.6. The topological polar surface area (TPSA) is 101 Å². The van der Waals surface area contributed by atoms with Gasteiger partial charge in [0.2, 0.25) is 15.9 Å². The number of nitrogens with one attached hydrogen (secondary N) is 2. The number of thiazole rings is 1. The standard InChI is InChI=1S/C21H27ClN4O4S2/c22-19-14-24-21(31-19)25-20(27)18(13-15-5-11-30-12-6-15)16-1-3-17(4-2-16)32(28,29)26-9-7-23-8-10-26/h1-4,14-15,18,23H,5-13H2,(H,24,25,27). The van der Waals surface area contributed by atoms with Crippen molar-refractivity contribution in [3.63, 3.8) is 0 Å². The smallest absolute Gasteiger partial charge is 0.243 e. The Kier molecular flexibility index (Phi) is 7.80. The molecule has 174 valence electrons. The molecule has 2 aliphatic heterocycles. The van der Waals surface area contributed by atoms with Crippen LogP contribution in [0.3, 0.4) is 0 Å². The Labute approximate surface area is 197 Å². The predicted octanol–water partition coefficient (Wildman–Crippen LogP) is 2.93. The number of rotatable bonds is 7. The van der Waals surface area contributed by atoms with E-state index in [1.165, 1.54) is 21.8 Å². The molecule has 1 aromatic carbocycles. The largest absolute Gasteiger partial charge is 0.381 e. The van der Waals surface area contributed by atoms with Crippen molar-refractivity contribution < 1.29 is 17.9 Å². The molecular formula is C21H27ClN4O4S2. The molecule has 0 aliphatic carbocycles. The lowest BCUT2D eigenvalue weighted by Crippen LogP contribution is -2.46. The molecule has 3 heterocycles. The molecule has 8 nitrogen and oxygen atoms in total. The minimum atomic E-state index is -3.54. The third kappa shape index (κ3) is 5.67. The van der Waals surface area contributed by atoms with Gasteiger partial charge in [0.1, 0.15) is 4.34 Å². The van der Waals surface area contributed by atoms with E-state index >= 15 is 0 Å². The van der Waals surface area contributed by atoms with Crippen LogP contribution in [0.15, 0.2) is 35.4 Å². The first-order chi connectivity index (χ1) is 15.4. The van der Waals surface area contributed by atoms with Crippen molar-refractivity contribution in [2.75, 3.05) is 44.7 Å².